The minimum atomic E-state index is -2.71. The number of aromatic nitrogens is 2. The highest BCUT2D eigenvalue weighted by Gasteiger charge is 2.24. The molecule has 3 aromatic rings. The van der Waals surface area contributed by atoms with Gasteiger partial charge >= 0.3 is 0 Å². The first-order valence-corrected chi connectivity index (χ1v) is 9.26. The smallest absolute Gasteiger partial charge is 0.297 e. The Hall–Kier alpha value is -2.67. The zero-order valence-electron chi connectivity index (χ0n) is 15.2. The molecule has 0 bridgehead atoms. The number of hydrogen-bond donors (Lipinski definition) is 0. The van der Waals surface area contributed by atoms with Crippen LogP contribution in [0.25, 0.3) is 10.9 Å². The van der Waals surface area contributed by atoms with Gasteiger partial charge in [0.2, 0.25) is 0 Å². The molecule has 4 rings (SSSR count). The van der Waals surface area contributed by atoms with Crippen molar-refractivity contribution in [1.82, 2.24) is 9.97 Å². The van der Waals surface area contributed by atoms with Gasteiger partial charge in [0.05, 0.1) is 18.2 Å². The zero-order valence-corrected chi connectivity index (χ0v) is 15.2. The Balaban J connectivity index is 1.44. The minimum absolute atomic E-state index is 0.0731. The Kier molecular flexibility index (Phi) is 5.43. The molecule has 0 aliphatic carbocycles. The number of fused-ring (bicyclic) bond motifs is 1. The second-order valence-electron chi connectivity index (χ2n) is 6.85. The number of nitrogens with zero attached hydrogens (tertiary/aromatic N) is 3. The average molecular weight is 387 g/mol. The normalized spacial score (nSPS) is 15.5. The number of halogens is 3. The Morgan fingerprint density at radius 2 is 1.71 bits per heavy atom. The van der Waals surface area contributed by atoms with E-state index in [9.17, 15) is 13.2 Å². The van der Waals surface area contributed by atoms with Crippen molar-refractivity contribution in [3.8, 4) is 0 Å². The van der Waals surface area contributed by atoms with Crippen LogP contribution < -0.4 is 4.90 Å². The van der Waals surface area contributed by atoms with Crippen LogP contribution in [0.1, 0.15) is 30.7 Å². The molecule has 1 aliphatic rings. The van der Waals surface area contributed by atoms with E-state index in [2.05, 4.69) is 9.97 Å². The Labute approximate surface area is 161 Å². The summed E-state index contributed by atoms with van der Waals surface area (Å²) in [4.78, 5) is 10.1. The number of alkyl halides is 2. The van der Waals surface area contributed by atoms with Gasteiger partial charge < -0.3 is 9.64 Å². The lowest BCUT2D eigenvalue weighted by atomic mass is 10.1. The Morgan fingerprint density at radius 1 is 1.00 bits per heavy atom. The van der Waals surface area contributed by atoms with Gasteiger partial charge in [0.15, 0.2) is 5.82 Å². The third-order valence-electron chi connectivity index (χ3n) is 4.94. The lowest BCUT2D eigenvalue weighted by Gasteiger charge is -2.33. The van der Waals surface area contributed by atoms with Crippen LogP contribution in [0, 0.1) is 5.82 Å². The zero-order chi connectivity index (χ0) is 19.5. The maximum atomic E-state index is 13.2. The van der Waals surface area contributed by atoms with Gasteiger partial charge in [-0.25, -0.2) is 23.1 Å². The van der Waals surface area contributed by atoms with Gasteiger partial charge in [-0.2, -0.15) is 0 Å². The Bertz CT molecular complexity index is 941. The molecule has 4 nitrogen and oxygen atoms in total. The van der Waals surface area contributed by atoms with Crippen LogP contribution in [0.4, 0.5) is 19.0 Å². The van der Waals surface area contributed by atoms with Crippen molar-refractivity contribution in [3.63, 3.8) is 0 Å². The van der Waals surface area contributed by atoms with Crippen molar-refractivity contribution in [2.75, 3.05) is 18.0 Å². The van der Waals surface area contributed by atoms with Gasteiger partial charge in [0, 0.05) is 18.5 Å². The molecule has 0 atom stereocenters. The summed E-state index contributed by atoms with van der Waals surface area (Å²) in [6, 6.07) is 13.5. The molecule has 0 spiro atoms. The second kappa shape index (κ2) is 8.14. The fourth-order valence-electron chi connectivity index (χ4n) is 3.44. The standard InChI is InChI=1S/C21H20F3N3O/c22-15-7-5-14(6-8-15)13-28-16-9-11-27(12-10-16)21-17-3-1-2-4-18(17)25-20(26-21)19(23)24/h1-8,16,19H,9-13H2. The number of anilines is 1. The molecule has 146 valence electrons. The largest absolute Gasteiger partial charge is 0.373 e. The summed E-state index contributed by atoms with van der Waals surface area (Å²) in [5.74, 6) is -0.154. The highest BCUT2D eigenvalue weighted by atomic mass is 19.3. The van der Waals surface area contributed by atoms with Crippen LogP contribution in [0.5, 0.6) is 0 Å². The predicted octanol–water partition coefficient (Wildman–Crippen LogP) is 4.89. The fourth-order valence-corrected chi connectivity index (χ4v) is 3.44. The van der Waals surface area contributed by atoms with E-state index in [0.29, 0.717) is 31.0 Å². The highest BCUT2D eigenvalue weighted by molar-refractivity contribution is 5.89. The molecule has 1 fully saturated rings. The molecule has 1 aliphatic heterocycles. The number of para-hydroxylation sites is 1. The van der Waals surface area contributed by atoms with Crippen LogP contribution >= 0.6 is 0 Å². The molecule has 0 saturated carbocycles. The predicted molar refractivity (Wildman–Crippen MR) is 101 cm³/mol. The van der Waals surface area contributed by atoms with Crippen molar-refractivity contribution in [2.24, 2.45) is 0 Å². The van der Waals surface area contributed by atoms with E-state index in [1.54, 1.807) is 24.3 Å². The molecule has 1 aromatic heterocycles. The number of piperidine rings is 1. The number of rotatable bonds is 5. The average Bonchev–Trinajstić information content (AvgIpc) is 2.73. The number of ether oxygens (including phenoxy) is 1. The van der Waals surface area contributed by atoms with Gasteiger partial charge in [-0.1, -0.05) is 24.3 Å². The van der Waals surface area contributed by atoms with Crippen molar-refractivity contribution >= 4 is 16.7 Å². The fraction of sp³-hybridized carbons (Fsp3) is 0.333. The monoisotopic (exact) mass is 387 g/mol. The lowest BCUT2D eigenvalue weighted by Crippen LogP contribution is -2.37. The molecule has 0 radical (unpaired) electrons. The van der Waals surface area contributed by atoms with Crippen LogP contribution in [0.3, 0.4) is 0 Å². The summed E-state index contributed by atoms with van der Waals surface area (Å²) >= 11 is 0. The topological polar surface area (TPSA) is 38.2 Å². The second-order valence-corrected chi connectivity index (χ2v) is 6.85. The van der Waals surface area contributed by atoms with E-state index in [1.165, 1.54) is 12.1 Å². The van der Waals surface area contributed by atoms with Gasteiger partial charge in [-0.3, -0.25) is 0 Å². The van der Waals surface area contributed by atoms with Gasteiger partial charge in [-0.15, -0.1) is 0 Å². The number of hydrogen-bond acceptors (Lipinski definition) is 4. The van der Waals surface area contributed by atoms with E-state index < -0.39 is 12.2 Å². The molecule has 0 N–H and O–H groups in total. The molecule has 1 saturated heterocycles. The summed E-state index contributed by atoms with van der Waals surface area (Å²) < 4.78 is 45.3. The first-order chi connectivity index (χ1) is 13.6. The lowest BCUT2D eigenvalue weighted by molar-refractivity contribution is 0.0250. The quantitative estimate of drug-likeness (QED) is 0.625. The third-order valence-corrected chi connectivity index (χ3v) is 4.94. The molecule has 2 heterocycles. The number of benzene rings is 2. The molecule has 0 amide bonds. The molecule has 0 unspecified atom stereocenters. The summed E-state index contributed by atoms with van der Waals surface area (Å²) in [5.41, 5.74) is 1.45. The highest BCUT2D eigenvalue weighted by Crippen LogP contribution is 2.29. The Morgan fingerprint density at radius 3 is 2.43 bits per heavy atom. The van der Waals surface area contributed by atoms with Crippen molar-refractivity contribution in [2.45, 2.75) is 32.0 Å². The first-order valence-electron chi connectivity index (χ1n) is 9.26. The molecule has 7 heteroatoms. The van der Waals surface area contributed by atoms with Crippen LogP contribution in [0.2, 0.25) is 0 Å². The third kappa shape index (κ3) is 4.09. The van der Waals surface area contributed by atoms with Crippen molar-refractivity contribution in [3.05, 3.63) is 65.7 Å². The van der Waals surface area contributed by atoms with E-state index in [4.69, 9.17) is 4.74 Å². The van der Waals surface area contributed by atoms with E-state index in [1.807, 2.05) is 17.0 Å². The van der Waals surface area contributed by atoms with Crippen molar-refractivity contribution in [1.29, 1.82) is 0 Å². The molecule has 28 heavy (non-hydrogen) atoms. The maximum Gasteiger partial charge on any atom is 0.297 e. The summed E-state index contributed by atoms with van der Waals surface area (Å²) in [6.07, 6.45) is -1.10. The molecular formula is C21H20F3N3O. The van der Waals surface area contributed by atoms with Crippen LogP contribution in [-0.2, 0) is 11.3 Å². The van der Waals surface area contributed by atoms with Gasteiger partial charge in [0.1, 0.15) is 11.6 Å². The summed E-state index contributed by atoms with van der Waals surface area (Å²) in [7, 11) is 0. The summed E-state index contributed by atoms with van der Waals surface area (Å²) in [5, 5.41) is 0.776. The summed E-state index contributed by atoms with van der Waals surface area (Å²) in [6.45, 7) is 1.76. The first kappa shape index (κ1) is 18.7. The maximum absolute atomic E-state index is 13.2. The van der Waals surface area contributed by atoms with E-state index in [-0.39, 0.29) is 11.9 Å². The van der Waals surface area contributed by atoms with Crippen molar-refractivity contribution < 1.29 is 17.9 Å². The minimum Gasteiger partial charge on any atom is -0.373 e. The SMILES string of the molecule is Fc1ccc(COC2CCN(c3nc(C(F)F)nc4ccccc34)CC2)cc1. The van der Waals surface area contributed by atoms with Gasteiger partial charge in [0.25, 0.3) is 6.43 Å². The van der Waals surface area contributed by atoms with E-state index >= 15 is 0 Å². The van der Waals surface area contributed by atoms with E-state index in [0.717, 1.165) is 23.8 Å². The molecular weight excluding hydrogens is 367 g/mol. The van der Waals surface area contributed by atoms with Crippen LogP contribution in [-0.4, -0.2) is 29.2 Å². The van der Waals surface area contributed by atoms with Crippen LogP contribution in [0.15, 0.2) is 48.5 Å². The molecule has 2 aromatic carbocycles. The van der Waals surface area contributed by atoms with Gasteiger partial charge in [-0.05, 0) is 42.7 Å².